The lowest BCUT2D eigenvalue weighted by molar-refractivity contribution is 0.103. The molecule has 0 saturated heterocycles. The Morgan fingerprint density at radius 1 is 1.07 bits per heavy atom. The molecule has 0 aliphatic heterocycles. The number of furan rings is 1. The first kappa shape index (κ1) is 15.6. The number of carbonyl (C=O) groups excluding carboxylic acids is 1. The number of carbonyl (C=O) groups is 1. The fourth-order valence-electron chi connectivity index (χ4n) is 3.78. The first-order valence-electron chi connectivity index (χ1n) is 21.2. The van der Waals surface area contributed by atoms with Gasteiger partial charge >= 0.3 is 0 Å². The Labute approximate surface area is 271 Å². The minimum absolute atomic E-state index is 0. The molecule has 7 nitrogen and oxygen atoms in total. The van der Waals surface area contributed by atoms with Crippen LogP contribution in [0.4, 0.5) is 5.69 Å². The van der Waals surface area contributed by atoms with Gasteiger partial charge in [-0.2, -0.15) is 0 Å². The SMILES string of the molecule is Cl.[2H]C([2H])([2H])C([2H])([2H])C([2H])([2H])C([2H])([2H])N(CCCOc1ccc(C(=O)c2c(CCCC)oc3ccc(NS(C)(=O)=O)cc23)cc1)C([2H])([2H])C([2H])([2H])C([2H])([2H])C([2H])([2H])[2H]. The maximum absolute atomic E-state index is 13.9. The van der Waals surface area contributed by atoms with Gasteiger partial charge in [0, 0.05) is 54.3 Å². The van der Waals surface area contributed by atoms with Crippen molar-refractivity contribution in [1.29, 1.82) is 0 Å². The van der Waals surface area contributed by atoms with Crippen LogP contribution in [0.2, 0.25) is 0 Å². The number of hydrogen-bond acceptors (Lipinski definition) is 6. The van der Waals surface area contributed by atoms with Gasteiger partial charge in [-0.15, -0.1) is 12.4 Å². The molecule has 0 unspecified atom stereocenters. The normalized spacial score (nSPS) is 21.0. The minimum Gasteiger partial charge on any atom is -0.494 e. The van der Waals surface area contributed by atoms with E-state index in [-0.39, 0.29) is 39.9 Å². The molecule has 1 aromatic heterocycles. The molecule has 0 atom stereocenters. The van der Waals surface area contributed by atoms with Gasteiger partial charge in [0.1, 0.15) is 17.1 Å². The predicted octanol–water partition coefficient (Wildman–Crippen LogP) is 7.47. The highest BCUT2D eigenvalue weighted by atomic mass is 35.5. The number of sulfonamides is 1. The van der Waals surface area contributed by atoms with Crippen LogP contribution in [-0.4, -0.2) is 51.5 Å². The van der Waals surface area contributed by atoms with E-state index >= 15 is 0 Å². The molecule has 3 rings (SSSR count). The number of ether oxygens (including phenoxy) is 1. The van der Waals surface area contributed by atoms with Gasteiger partial charge in [0.25, 0.3) is 0 Å². The summed E-state index contributed by atoms with van der Waals surface area (Å²) in [5.74, 6) is 0.0427. The summed E-state index contributed by atoms with van der Waals surface area (Å²) in [6.07, 6.45) is -14.0. The van der Waals surface area contributed by atoms with Crippen molar-refractivity contribution in [3.8, 4) is 5.75 Å². The Bertz CT molecular complexity index is 1970. The van der Waals surface area contributed by atoms with Gasteiger partial charge in [0.15, 0.2) is 5.78 Å². The summed E-state index contributed by atoms with van der Waals surface area (Å²) in [4.78, 5) is 13.6. The molecule has 9 heteroatoms. The second-order valence-corrected chi connectivity index (χ2v) is 10.3. The molecule has 0 saturated carbocycles. The average molecular weight is 611 g/mol. The molecule has 0 fully saturated rings. The number of aryl methyl sites for hydroxylation is 1. The van der Waals surface area contributed by atoms with Gasteiger partial charge in [0.05, 0.1) is 18.4 Å². The fraction of sp³-hybridized carbons (Fsp3) is 0.516. The van der Waals surface area contributed by atoms with E-state index in [1.807, 2.05) is 6.92 Å². The molecule has 2 aromatic carbocycles. The third-order valence-corrected chi connectivity index (χ3v) is 6.07. The van der Waals surface area contributed by atoms with E-state index in [0.717, 1.165) is 12.7 Å². The Balaban J connectivity index is 0.0000116. The first-order chi connectivity index (χ1) is 25.6. The van der Waals surface area contributed by atoms with E-state index in [9.17, 15) is 13.2 Å². The molecule has 0 bridgehead atoms. The number of unbranched alkanes of at least 4 members (excludes halogenated alkanes) is 1. The Morgan fingerprint density at radius 2 is 1.77 bits per heavy atom. The molecule has 1 N–H and O–H groups in total. The lowest BCUT2D eigenvalue weighted by atomic mass is 9.98. The van der Waals surface area contributed by atoms with Crippen LogP contribution in [0.1, 0.15) is 112 Å². The predicted molar refractivity (Wildman–Crippen MR) is 167 cm³/mol. The molecule has 0 aliphatic rings. The number of ketones is 1. The van der Waals surface area contributed by atoms with Gasteiger partial charge in [-0.3, -0.25) is 9.52 Å². The summed E-state index contributed by atoms with van der Waals surface area (Å²) in [6, 6.07) is 10.1. The first-order valence-corrected chi connectivity index (χ1v) is 14.1. The quantitative estimate of drug-likeness (QED) is 0.119. The molecule has 0 spiro atoms. The van der Waals surface area contributed by atoms with Gasteiger partial charge in [-0.05, 0) is 81.0 Å². The zero-order valence-electron chi connectivity index (χ0n) is 40.1. The largest absolute Gasteiger partial charge is 0.494 e. The van der Waals surface area contributed by atoms with E-state index in [1.165, 1.54) is 36.4 Å². The van der Waals surface area contributed by atoms with E-state index in [1.54, 1.807) is 6.07 Å². The van der Waals surface area contributed by atoms with Crippen molar-refractivity contribution in [2.24, 2.45) is 0 Å². The zero-order chi connectivity index (χ0) is 44.0. The Hall–Kier alpha value is -2.55. The number of nitrogens with zero attached hydrogens (tertiary/aromatic N) is 1. The number of fused-ring (bicyclic) bond motifs is 1. The van der Waals surface area contributed by atoms with Crippen molar-refractivity contribution in [2.45, 2.75) is 71.8 Å². The number of benzene rings is 2. The molecular weight excluding hydrogens is 548 g/mol. The third-order valence-electron chi connectivity index (χ3n) is 5.47. The molecule has 0 amide bonds. The highest BCUT2D eigenvalue weighted by molar-refractivity contribution is 7.92. The van der Waals surface area contributed by atoms with Gasteiger partial charge in [-0.25, -0.2) is 8.42 Å². The maximum atomic E-state index is 13.9. The van der Waals surface area contributed by atoms with E-state index in [0.29, 0.717) is 29.6 Å². The van der Waals surface area contributed by atoms with Crippen LogP contribution in [-0.2, 0) is 16.4 Å². The van der Waals surface area contributed by atoms with Gasteiger partial charge in [0.2, 0.25) is 10.0 Å². The molecule has 3 aromatic rings. The number of rotatable bonds is 18. The minimum atomic E-state index is -4.15. The van der Waals surface area contributed by atoms with Crippen LogP contribution in [0, 0.1) is 0 Å². The van der Waals surface area contributed by atoms with E-state index in [4.69, 9.17) is 33.8 Å². The zero-order valence-corrected chi connectivity index (χ0v) is 23.7. The second kappa shape index (κ2) is 16.7. The molecule has 0 aliphatic carbocycles. The maximum Gasteiger partial charge on any atom is 0.229 e. The van der Waals surface area contributed by atoms with Crippen molar-refractivity contribution >= 4 is 44.9 Å². The summed E-state index contributed by atoms with van der Waals surface area (Å²) in [5, 5.41) is 0.372. The monoisotopic (exact) mass is 610 g/mol. The smallest absolute Gasteiger partial charge is 0.229 e. The van der Waals surface area contributed by atoms with Crippen molar-refractivity contribution in [2.75, 3.05) is 37.1 Å². The molecular formula is C31H45ClN2O5S. The summed E-state index contributed by atoms with van der Waals surface area (Å²) in [5.41, 5.74) is 0.966. The van der Waals surface area contributed by atoms with Crippen molar-refractivity contribution in [3.05, 3.63) is 59.4 Å². The van der Waals surface area contributed by atoms with Gasteiger partial charge < -0.3 is 14.1 Å². The highest BCUT2D eigenvalue weighted by Crippen LogP contribution is 2.32. The van der Waals surface area contributed by atoms with Crippen LogP contribution in [0.3, 0.4) is 0 Å². The molecule has 40 heavy (non-hydrogen) atoms. The Morgan fingerprint density at radius 3 is 2.40 bits per heavy atom. The second-order valence-electron chi connectivity index (χ2n) is 8.52. The number of anilines is 1. The molecule has 222 valence electrons. The summed E-state index contributed by atoms with van der Waals surface area (Å²) >= 11 is 0. The van der Waals surface area contributed by atoms with Crippen molar-refractivity contribution in [1.82, 2.24) is 4.90 Å². The van der Waals surface area contributed by atoms with Crippen LogP contribution in [0.25, 0.3) is 11.0 Å². The van der Waals surface area contributed by atoms with Crippen molar-refractivity contribution in [3.63, 3.8) is 0 Å². The summed E-state index contributed by atoms with van der Waals surface area (Å²) in [7, 11) is -3.63. The van der Waals surface area contributed by atoms with Crippen LogP contribution in [0.15, 0.2) is 46.9 Å². The van der Waals surface area contributed by atoms with E-state index < -0.39 is 87.6 Å². The fourth-order valence-corrected chi connectivity index (χ4v) is 4.33. The van der Waals surface area contributed by atoms with Crippen LogP contribution in [0.5, 0.6) is 5.75 Å². The van der Waals surface area contributed by atoms with Crippen molar-refractivity contribution < 1.29 is 47.0 Å². The van der Waals surface area contributed by atoms with Crippen LogP contribution >= 0.6 is 12.4 Å². The van der Waals surface area contributed by atoms with Crippen LogP contribution < -0.4 is 9.46 Å². The Kier molecular flexibility index (Phi) is 6.50. The van der Waals surface area contributed by atoms with Gasteiger partial charge in [-0.1, -0.05) is 39.8 Å². The average Bonchev–Trinajstić information content (AvgIpc) is 3.42. The third kappa shape index (κ3) is 10.1. The number of nitrogens with one attached hydrogen (secondary N) is 1. The molecule has 1 heterocycles. The topological polar surface area (TPSA) is 88.8 Å². The number of hydrogen-bond donors (Lipinski definition) is 1. The highest BCUT2D eigenvalue weighted by Gasteiger charge is 2.22. The standard InChI is InChI=1S/C31H44N2O5S.ClH/c1-5-8-12-29-30(27-23-25(32-39(4,35)36)15-18-28(27)38-29)31(34)24-13-16-26(17-14-24)37-22-11-21-33(19-9-6-2)20-10-7-3;/h13-18,23,32H,5-12,19-22H2,1-4H3;1H/i2D3,3D3,6D2,7D2,9D2,10D2,19D2,20D2;. The number of halogens is 1. The summed E-state index contributed by atoms with van der Waals surface area (Å²) in [6.45, 7) is -15.4. The molecule has 0 radical (unpaired) electrons. The lowest BCUT2D eigenvalue weighted by Crippen LogP contribution is -2.28. The summed E-state index contributed by atoms with van der Waals surface area (Å²) < 4.78 is 182. The van der Waals surface area contributed by atoms with E-state index in [2.05, 4.69) is 4.72 Å². The lowest BCUT2D eigenvalue weighted by Gasteiger charge is -2.21.